The van der Waals surface area contributed by atoms with Gasteiger partial charge in [0.05, 0.1) is 22.0 Å². The van der Waals surface area contributed by atoms with Gasteiger partial charge >= 0.3 is 0 Å². The first kappa shape index (κ1) is 14.6. The fourth-order valence-electron chi connectivity index (χ4n) is 1.57. The molecule has 0 bridgehead atoms. The third-order valence-electron chi connectivity index (χ3n) is 2.49. The SMILES string of the molecule is O=C(NCc1ccc(C#CCO)s1)c1ccccc1Cl. The van der Waals surface area contributed by atoms with Gasteiger partial charge in [0, 0.05) is 4.88 Å². The number of carbonyl (C=O) groups excluding carboxylic acids is 1. The van der Waals surface area contributed by atoms with Crippen LogP contribution in [0, 0.1) is 11.8 Å². The molecule has 102 valence electrons. The largest absolute Gasteiger partial charge is 0.384 e. The van der Waals surface area contributed by atoms with Crippen LogP contribution >= 0.6 is 22.9 Å². The van der Waals surface area contributed by atoms with E-state index in [2.05, 4.69) is 17.2 Å². The molecule has 1 aromatic heterocycles. The molecule has 0 unspecified atom stereocenters. The first-order valence-corrected chi connectivity index (χ1v) is 7.11. The first-order valence-electron chi connectivity index (χ1n) is 5.92. The number of aliphatic hydroxyl groups excluding tert-OH is 1. The summed E-state index contributed by atoms with van der Waals surface area (Å²) in [6.07, 6.45) is 0. The highest BCUT2D eigenvalue weighted by Crippen LogP contribution is 2.17. The van der Waals surface area contributed by atoms with E-state index in [-0.39, 0.29) is 12.5 Å². The molecule has 0 saturated carbocycles. The number of hydrogen-bond acceptors (Lipinski definition) is 3. The number of hydrogen-bond donors (Lipinski definition) is 2. The highest BCUT2D eigenvalue weighted by molar-refractivity contribution is 7.12. The number of nitrogens with one attached hydrogen (secondary N) is 1. The summed E-state index contributed by atoms with van der Waals surface area (Å²) in [5.74, 6) is 5.21. The van der Waals surface area contributed by atoms with Gasteiger partial charge in [-0.1, -0.05) is 35.6 Å². The van der Waals surface area contributed by atoms with Gasteiger partial charge in [-0.25, -0.2) is 0 Å². The maximum atomic E-state index is 12.0. The second-order valence-corrected chi connectivity index (χ2v) is 5.46. The molecule has 3 nitrogen and oxygen atoms in total. The Morgan fingerprint density at radius 1 is 1.30 bits per heavy atom. The number of amides is 1. The van der Waals surface area contributed by atoms with Gasteiger partial charge in [0.1, 0.15) is 6.61 Å². The minimum atomic E-state index is -0.202. The zero-order valence-electron chi connectivity index (χ0n) is 10.5. The Morgan fingerprint density at radius 3 is 2.85 bits per heavy atom. The molecule has 2 aromatic rings. The van der Waals surface area contributed by atoms with Crippen LogP contribution in [0.15, 0.2) is 36.4 Å². The van der Waals surface area contributed by atoms with E-state index in [1.807, 2.05) is 12.1 Å². The second kappa shape index (κ2) is 7.11. The highest BCUT2D eigenvalue weighted by Gasteiger charge is 2.09. The van der Waals surface area contributed by atoms with Gasteiger partial charge in [-0.2, -0.15) is 0 Å². The van der Waals surface area contributed by atoms with Crippen LogP contribution in [0.4, 0.5) is 0 Å². The molecule has 0 aliphatic rings. The number of rotatable bonds is 3. The van der Waals surface area contributed by atoms with Crippen LogP contribution < -0.4 is 5.32 Å². The Morgan fingerprint density at radius 2 is 2.10 bits per heavy atom. The Balaban J connectivity index is 1.97. The first-order chi connectivity index (χ1) is 9.70. The molecule has 0 atom stereocenters. The lowest BCUT2D eigenvalue weighted by Gasteiger charge is -2.05. The predicted octanol–water partition coefficient (Wildman–Crippen LogP) is 2.68. The molecule has 20 heavy (non-hydrogen) atoms. The summed E-state index contributed by atoms with van der Waals surface area (Å²) in [6, 6.07) is 10.7. The van der Waals surface area contributed by atoms with Crippen LogP contribution in [-0.2, 0) is 6.54 Å². The minimum absolute atomic E-state index is 0.156. The van der Waals surface area contributed by atoms with Gasteiger partial charge in [0.2, 0.25) is 0 Å². The Kier molecular flexibility index (Phi) is 5.19. The smallest absolute Gasteiger partial charge is 0.253 e. The zero-order valence-corrected chi connectivity index (χ0v) is 12.1. The van der Waals surface area contributed by atoms with Crippen molar-refractivity contribution < 1.29 is 9.90 Å². The lowest BCUT2D eigenvalue weighted by molar-refractivity contribution is 0.0951. The van der Waals surface area contributed by atoms with Crippen molar-refractivity contribution in [3.8, 4) is 11.8 Å². The van der Waals surface area contributed by atoms with E-state index < -0.39 is 0 Å². The van der Waals surface area contributed by atoms with Crippen molar-refractivity contribution in [3.63, 3.8) is 0 Å². The molecule has 0 fully saturated rings. The van der Waals surface area contributed by atoms with Gasteiger partial charge in [-0.15, -0.1) is 11.3 Å². The zero-order chi connectivity index (χ0) is 14.4. The number of thiophene rings is 1. The molecule has 0 saturated heterocycles. The fraction of sp³-hybridized carbons (Fsp3) is 0.133. The highest BCUT2D eigenvalue weighted by atomic mass is 35.5. The van der Waals surface area contributed by atoms with Crippen molar-refractivity contribution in [3.05, 3.63) is 56.7 Å². The quantitative estimate of drug-likeness (QED) is 0.857. The molecule has 0 radical (unpaired) electrons. The van der Waals surface area contributed by atoms with E-state index in [1.54, 1.807) is 24.3 Å². The topological polar surface area (TPSA) is 49.3 Å². The van der Waals surface area contributed by atoms with Crippen molar-refractivity contribution in [2.75, 3.05) is 6.61 Å². The third-order valence-corrected chi connectivity index (χ3v) is 3.82. The number of benzene rings is 1. The molecule has 0 aliphatic carbocycles. The van der Waals surface area contributed by atoms with E-state index in [4.69, 9.17) is 16.7 Å². The van der Waals surface area contributed by atoms with Gasteiger partial charge < -0.3 is 10.4 Å². The van der Waals surface area contributed by atoms with Crippen LogP contribution in [0.3, 0.4) is 0 Å². The normalized spacial score (nSPS) is 9.70. The summed E-state index contributed by atoms with van der Waals surface area (Å²) in [5, 5.41) is 11.9. The van der Waals surface area contributed by atoms with Crippen molar-refractivity contribution in [2.24, 2.45) is 0 Å². The van der Waals surface area contributed by atoms with Crippen molar-refractivity contribution >= 4 is 28.8 Å². The van der Waals surface area contributed by atoms with Crippen molar-refractivity contribution in [1.82, 2.24) is 5.32 Å². The summed E-state index contributed by atoms with van der Waals surface area (Å²) >= 11 is 7.44. The Bertz CT molecular complexity index is 670. The average Bonchev–Trinajstić information content (AvgIpc) is 2.91. The summed E-state index contributed by atoms with van der Waals surface area (Å²) in [4.78, 5) is 13.8. The molecule has 1 amide bonds. The van der Waals surface area contributed by atoms with E-state index >= 15 is 0 Å². The Hall–Kier alpha value is -1.80. The molecular weight excluding hydrogens is 294 g/mol. The number of carbonyl (C=O) groups is 1. The average molecular weight is 306 g/mol. The molecule has 0 spiro atoms. The van der Waals surface area contributed by atoms with Gasteiger partial charge in [0.15, 0.2) is 0 Å². The lowest BCUT2D eigenvalue weighted by Crippen LogP contribution is -2.22. The molecule has 1 aromatic carbocycles. The molecule has 5 heteroatoms. The summed E-state index contributed by atoms with van der Waals surface area (Å²) in [5.41, 5.74) is 0.464. The van der Waals surface area contributed by atoms with E-state index in [9.17, 15) is 4.79 Å². The van der Waals surface area contributed by atoms with Crippen LogP contribution in [0.25, 0.3) is 0 Å². The molecule has 1 heterocycles. The van der Waals surface area contributed by atoms with Crippen LogP contribution in [0.5, 0.6) is 0 Å². The number of aliphatic hydroxyl groups is 1. The fourth-order valence-corrected chi connectivity index (χ4v) is 2.62. The maximum absolute atomic E-state index is 12.0. The summed E-state index contributed by atoms with van der Waals surface area (Å²) in [6.45, 7) is 0.270. The maximum Gasteiger partial charge on any atom is 0.253 e. The lowest BCUT2D eigenvalue weighted by atomic mass is 10.2. The molecular formula is C15H12ClNO2S. The molecule has 2 rings (SSSR count). The monoisotopic (exact) mass is 305 g/mol. The van der Waals surface area contributed by atoms with E-state index in [0.29, 0.717) is 17.1 Å². The third kappa shape index (κ3) is 3.84. The predicted molar refractivity (Wildman–Crippen MR) is 80.9 cm³/mol. The van der Waals surface area contributed by atoms with Crippen LogP contribution in [0.1, 0.15) is 20.1 Å². The number of halogens is 1. The van der Waals surface area contributed by atoms with Crippen LogP contribution in [-0.4, -0.2) is 17.6 Å². The van der Waals surface area contributed by atoms with Gasteiger partial charge in [-0.05, 0) is 24.3 Å². The van der Waals surface area contributed by atoms with Gasteiger partial charge in [-0.3, -0.25) is 4.79 Å². The van der Waals surface area contributed by atoms with Crippen molar-refractivity contribution in [1.29, 1.82) is 0 Å². The van der Waals surface area contributed by atoms with E-state index in [0.717, 1.165) is 9.75 Å². The second-order valence-electron chi connectivity index (χ2n) is 3.89. The van der Waals surface area contributed by atoms with Gasteiger partial charge in [0.25, 0.3) is 5.91 Å². The Labute approximate surface area is 126 Å². The van der Waals surface area contributed by atoms with Crippen molar-refractivity contribution in [2.45, 2.75) is 6.54 Å². The molecule has 0 aliphatic heterocycles. The standard InChI is InChI=1S/C15H12ClNO2S/c16-14-6-2-1-5-13(14)15(19)17-10-12-8-7-11(20-12)4-3-9-18/h1-2,5-8,18H,9-10H2,(H,17,19). The van der Waals surface area contributed by atoms with E-state index in [1.165, 1.54) is 11.3 Å². The molecule has 2 N–H and O–H groups in total. The minimum Gasteiger partial charge on any atom is -0.384 e. The van der Waals surface area contributed by atoms with Crippen LogP contribution in [0.2, 0.25) is 5.02 Å². The summed E-state index contributed by atoms with van der Waals surface area (Å²) in [7, 11) is 0. The summed E-state index contributed by atoms with van der Waals surface area (Å²) < 4.78 is 0.